The summed E-state index contributed by atoms with van der Waals surface area (Å²) in [5.74, 6) is 0.735. The number of anilines is 3. The summed E-state index contributed by atoms with van der Waals surface area (Å²) in [6.45, 7) is 6.19. The predicted molar refractivity (Wildman–Crippen MR) is 94.7 cm³/mol. The van der Waals surface area contributed by atoms with E-state index >= 15 is 0 Å². The Morgan fingerprint density at radius 2 is 1.75 bits per heavy atom. The summed E-state index contributed by atoms with van der Waals surface area (Å²) in [4.78, 5) is 4.48. The number of benzene rings is 1. The van der Waals surface area contributed by atoms with Gasteiger partial charge in [-0.05, 0) is 36.8 Å². The number of hydrogen-bond acceptors (Lipinski definition) is 4. The van der Waals surface area contributed by atoms with Gasteiger partial charge in [0, 0.05) is 38.4 Å². The molecule has 0 spiro atoms. The molecule has 0 amide bonds. The quantitative estimate of drug-likeness (QED) is 0.938. The lowest BCUT2D eigenvalue weighted by Gasteiger charge is -2.38. The van der Waals surface area contributed by atoms with Gasteiger partial charge in [-0.3, -0.25) is 0 Å². The van der Waals surface area contributed by atoms with Gasteiger partial charge < -0.3 is 20.1 Å². The molecule has 2 N–H and O–H groups in total. The van der Waals surface area contributed by atoms with Gasteiger partial charge in [0.25, 0.3) is 0 Å². The normalized spacial score (nSPS) is 14.7. The van der Waals surface area contributed by atoms with Crippen LogP contribution in [0, 0.1) is 17.1 Å². The third-order valence-corrected chi connectivity index (χ3v) is 4.43. The molecule has 1 saturated heterocycles. The van der Waals surface area contributed by atoms with Gasteiger partial charge >= 0.3 is 0 Å². The van der Waals surface area contributed by atoms with E-state index in [1.165, 1.54) is 12.1 Å². The zero-order valence-corrected chi connectivity index (χ0v) is 13.9. The molecule has 0 atom stereocenters. The molecule has 1 aromatic carbocycles. The van der Waals surface area contributed by atoms with Crippen LogP contribution in [0.1, 0.15) is 19.0 Å². The standard InChI is InChI=1S/C18H22FN5/c1-2-7-24-16(13-20)12-17(21)18(24)23-10-8-22(9-11-23)15-5-3-14(19)4-6-15/h3-6,12H,2,7-11,21H2,1H3. The Bertz CT molecular complexity index is 736. The summed E-state index contributed by atoms with van der Waals surface area (Å²) in [5.41, 5.74) is 8.48. The van der Waals surface area contributed by atoms with Gasteiger partial charge in [-0.2, -0.15) is 5.26 Å². The lowest BCUT2D eigenvalue weighted by Crippen LogP contribution is -2.47. The van der Waals surface area contributed by atoms with Gasteiger partial charge in [-0.1, -0.05) is 6.92 Å². The molecule has 1 aliphatic rings. The van der Waals surface area contributed by atoms with Gasteiger partial charge in [-0.15, -0.1) is 0 Å². The maximum Gasteiger partial charge on any atom is 0.133 e. The summed E-state index contributed by atoms with van der Waals surface area (Å²) in [6.07, 6.45) is 0.950. The van der Waals surface area contributed by atoms with Gasteiger partial charge in [-0.25, -0.2) is 4.39 Å². The molecule has 2 heterocycles. The van der Waals surface area contributed by atoms with E-state index in [2.05, 4.69) is 22.8 Å². The van der Waals surface area contributed by atoms with Crippen molar-refractivity contribution in [3.05, 3.63) is 41.8 Å². The number of nitrogen functional groups attached to an aromatic ring is 1. The first-order chi connectivity index (χ1) is 11.6. The second-order valence-electron chi connectivity index (χ2n) is 6.02. The minimum absolute atomic E-state index is 0.216. The maximum absolute atomic E-state index is 13.1. The first-order valence-corrected chi connectivity index (χ1v) is 8.28. The average Bonchev–Trinajstić information content (AvgIpc) is 2.92. The largest absolute Gasteiger partial charge is 0.396 e. The highest BCUT2D eigenvalue weighted by molar-refractivity contribution is 5.68. The molecule has 0 unspecified atom stereocenters. The Kier molecular flexibility index (Phi) is 4.61. The fraction of sp³-hybridized carbons (Fsp3) is 0.389. The van der Waals surface area contributed by atoms with E-state index in [-0.39, 0.29) is 5.82 Å². The summed E-state index contributed by atoms with van der Waals surface area (Å²) < 4.78 is 15.1. The maximum atomic E-state index is 13.1. The number of halogens is 1. The molecule has 0 aliphatic carbocycles. The topological polar surface area (TPSA) is 61.2 Å². The van der Waals surface area contributed by atoms with Crippen molar-refractivity contribution < 1.29 is 4.39 Å². The summed E-state index contributed by atoms with van der Waals surface area (Å²) in [6, 6.07) is 10.6. The van der Waals surface area contributed by atoms with Crippen molar-refractivity contribution in [3.8, 4) is 6.07 Å². The molecule has 126 valence electrons. The van der Waals surface area contributed by atoms with Crippen molar-refractivity contribution in [2.45, 2.75) is 19.9 Å². The van der Waals surface area contributed by atoms with E-state index in [1.807, 2.05) is 16.7 Å². The highest BCUT2D eigenvalue weighted by atomic mass is 19.1. The predicted octanol–water partition coefficient (Wildman–Crippen LogP) is 2.82. The van der Waals surface area contributed by atoms with Crippen molar-refractivity contribution in [2.24, 2.45) is 0 Å². The van der Waals surface area contributed by atoms with Crippen LogP contribution in [-0.2, 0) is 6.54 Å². The number of nitrogens with two attached hydrogens (primary N) is 1. The first-order valence-electron chi connectivity index (χ1n) is 8.28. The Morgan fingerprint density at radius 1 is 1.12 bits per heavy atom. The molecule has 1 fully saturated rings. The third-order valence-electron chi connectivity index (χ3n) is 4.43. The highest BCUT2D eigenvalue weighted by Gasteiger charge is 2.23. The van der Waals surface area contributed by atoms with E-state index < -0.39 is 0 Å². The lowest BCUT2D eigenvalue weighted by molar-refractivity contribution is 0.607. The van der Waals surface area contributed by atoms with Crippen LogP contribution < -0.4 is 15.5 Å². The van der Waals surface area contributed by atoms with Crippen molar-refractivity contribution in [2.75, 3.05) is 41.7 Å². The Labute approximate surface area is 141 Å². The molecule has 1 aliphatic heterocycles. The Hall–Kier alpha value is -2.68. The Morgan fingerprint density at radius 3 is 2.33 bits per heavy atom. The zero-order valence-electron chi connectivity index (χ0n) is 13.9. The van der Waals surface area contributed by atoms with Crippen LogP contribution in [0.15, 0.2) is 30.3 Å². The first kappa shape index (κ1) is 16.2. The Balaban J connectivity index is 1.76. The second kappa shape index (κ2) is 6.83. The van der Waals surface area contributed by atoms with E-state index in [0.717, 1.165) is 50.6 Å². The van der Waals surface area contributed by atoms with Crippen LogP contribution in [0.25, 0.3) is 0 Å². The van der Waals surface area contributed by atoms with Crippen molar-refractivity contribution in [1.82, 2.24) is 4.57 Å². The SMILES string of the molecule is CCCn1c(C#N)cc(N)c1N1CCN(c2ccc(F)cc2)CC1. The van der Waals surface area contributed by atoms with Crippen LogP contribution in [0.3, 0.4) is 0 Å². The number of piperazine rings is 1. The number of hydrogen-bond donors (Lipinski definition) is 1. The highest BCUT2D eigenvalue weighted by Crippen LogP contribution is 2.30. The average molecular weight is 327 g/mol. The number of nitriles is 1. The van der Waals surface area contributed by atoms with Crippen LogP contribution >= 0.6 is 0 Å². The van der Waals surface area contributed by atoms with E-state index in [0.29, 0.717) is 11.4 Å². The van der Waals surface area contributed by atoms with E-state index in [9.17, 15) is 9.65 Å². The molecule has 6 heteroatoms. The van der Waals surface area contributed by atoms with Crippen LogP contribution in [0.2, 0.25) is 0 Å². The van der Waals surface area contributed by atoms with Gasteiger partial charge in [0.05, 0.1) is 5.69 Å². The van der Waals surface area contributed by atoms with Crippen molar-refractivity contribution in [1.29, 1.82) is 5.26 Å². The monoisotopic (exact) mass is 327 g/mol. The number of aromatic nitrogens is 1. The zero-order chi connectivity index (χ0) is 17.1. The lowest BCUT2D eigenvalue weighted by atomic mass is 10.2. The van der Waals surface area contributed by atoms with Crippen molar-refractivity contribution >= 4 is 17.2 Å². The number of nitrogens with zero attached hydrogens (tertiary/aromatic N) is 4. The third kappa shape index (κ3) is 3.02. The van der Waals surface area contributed by atoms with Crippen LogP contribution in [-0.4, -0.2) is 30.7 Å². The summed E-state index contributed by atoms with van der Waals surface area (Å²) in [5, 5.41) is 9.31. The van der Waals surface area contributed by atoms with Crippen LogP contribution in [0.5, 0.6) is 0 Å². The van der Waals surface area contributed by atoms with Gasteiger partial charge in [0.2, 0.25) is 0 Å². The fourth-order valence-electron chi connectivity index (χ4n) is 3.28. The molecule has 24 heavy (non-hydrogen) atoms. The van der Waals surface area contributed by atoms with E-state index in [4.69, 9.17) is 5.73 Å². The van der Waals surface area contributed by atoms with E-state index in [1.54, 1.807) is 6.07 Å². The molecule has 1 aromatic heterocycles. The molecule has 3 rings (SSSR count). The molecule has 0 radical (unpaired) electrons. The molecular weight excluding hydrogens is 305 g/mol. The summed E-state index contributed by atoms with van der Waals surface area (Å²) >= 11 is 0. The van der Waals surface area contributed by atoms with Crippen LogP contribution in [0.4, 0.5) is 21.6 Å². The smallest absolute Gasteiger partial charge is 0.133 e. The minimum atomic E-state index is -0.216. The second-order valence-corrected chi connectivity index (χ2v) is 6.02. The number of rotatable bonds is 4. The molecule has 5 nitrogen and oxygen atoms in total. The molecule has 0 bridgehead atoms. The fourth-order valence-corrected chi connectivity index (χ4v) is 3.28. The minimum Gasteiger partial charge on any atom is -0.396 e. The molecule has 2 aromatic rings. The summed E-state index contributed by atoms with van der Waals surface area (Å²) in [7, 11) is 0. The molecule has 0 saturated carbocycles. The molecular formula is C18H22FN5. The van der Waals surface area contributed by atoms with Gasteiger partial charge in [0.15, 0.2) is 0 Å². The van der Waals surface area contributed by atoms with Crippen molar-refractivity contribution in [3.63, 3.8) is 0 Å². The van der Waals surface area contributed by atoms with Gasteiger partial charge in [0.1, 0.15) is 23.4 Å².